The molecule has 26 heavy (non-hydrogen) atoms. The van der Waals surface area contributed by atoms with Gasteiger partial charge in [0.2, 0.25) is 0 Å². The molecule has 1 atom stereocenters. The number of carbonyl (C=O) groups is 1. The van der Waals surface area contributed by atoms with E-state index in [1.54, 1.807) is 12.1 Å². The second-order valence-corrected chi connectivity index (χ2v) is 6.64. The minimum absolute atomic E-state index is 0.0671. The van der Waals surface area contributed by atoms with E-state index in [1.807, 2.05) is 26.2 Å². The van der Waals surface area contributed by atoms with Crippen LogP contribution in [0.2, 0.25) is 0 Å². The lowest BCUT2D eigenvalue weighted by molar-refractivity contribution is 0.232. The van der Waals surface area contributed by atoms with Crippen LogP contribution in [0.25, 0.3) is 0 Å². The summed E-state index contributed by atoms with van der Waals surface area (Å²) in [5.74, 6) is 0.669. The first-order valence-electron chi connectivity index (χ1n) is 8.71. The third kappa shape index (κ3) is 4.52. The fourth-order valence-corrected chi connectivity index (χ4v) is 3.05. The van der Waals surface area contributed by atoms with Gasteiger partial charge >= 0.3 is 6.03 Å². The molecule has 0 saturated heterocycles. The lowest BCUT2D eigenvalue weighted by atomic mass is 10.0. The predicted molar refractivity (Wildman–Crippen MR) is 98.7 cm³/mol. The first kappa shape index (κ1) is 18.2. The standard InChI is InChI=1S/C20H24FN3O2/c1-24(2)18(15-5-8-19-16(11-15)9-10-26-19)13-23-20(25)22-12-14-3-6-17(21)7-4-14/h3-8,11,18H,9-10,12-13H2,1-2H3,(H2,22,23,25)/t18-/m1/s1. The monoisotopic (exact) mass is 357 g/mol. The van der Waals surface area contributed by atoms with E-state index in [0.29, 0.717) is 13.1 Å². The van der Waals surface area contributed by atoms with Gasteiger partial charge in [-0.2, -0.15) is 0 Å². The van der Waals surface area contributed by atoms with Crippen LogP contribution in [0.1, 0.15) is 22.7 Å². The number of rotatable bonds is 6. The fourth-order valence-electron chi connectivity index (χ4n) is 3.05. The molecule has 0 aliphatic carbocycles. The molecule has 1 heterocycles. The number of hydrogen-bond donors (Lipinski definition) is 2. The Balaban J connectivity index is 1.55. The summed E-state index contributed by atoms with van der Waals surface area (Å²) in [6.07, 6.45) is 0.926. The molecule has 138 valence electrons. The Morgan fingerprint density at radius 2 is 1.96 bits per heavy atom. The molecule has 2 aromatic rings. The maximum Gasteiger partial charge on any atom is 0.315 e. The number of benzene rings is 2. The molecule has 0 bridgehead atoms. The van der Waals surface area contributed by atoms with Crippen LogP contribution in [0.4, 0.5) is 9.18 Å². The number of likely N-dealkylation sites (N-methyl/N-ethyl adjacent to an activating group) is 1. The van der Waals surface area contributed by atoms with Crippen molar-refractivity contribution < 1.29 is 13.9 Å². The molecule has 0 radical (unpaired) electrons. The van der Waals surface area contributed by atoms with Crippen molar-refractivity contribution >= 4 is 6.03 Å². The Kier molecular flexibility index (Phi) is 5.73. The second-order valence-electron chi connectivity index (χ2n) is 6.64. The highest BCUT2D eigenvalue weighted by molar-refractivity contribution is 5.73. The van der Waals surface area contributed by atoms with Crippen LogP contribution in [0.5, 0.6) is 5.75 Å². The summed E-state index contributed by atoms with van der Waals surface area (Å²) in [5, 5.41) is 5.71. The lowest BCUT2D eigenvalue weighted by Gasteiger charge is -2.25. The first-order valence-corrected chi connectivity index (χ1v) is 8.71. The van der Waals surface area contributed by atoms with Crippen molar-refractivity contribution in [1.82, 2.24) is 15.5 Å². The van der Waals surface area contributed by atoms with Crippen LogP contribution in [0.3, 0.4) is 0 Å². The number of ether oxygens (including phenoxy) is 1. The van der Waals surface area contributed by atoms with Gasteiger partial charge in [0, 0.05) is 19.5 Å². The van der Waals surface area contributed by atoms with Crippen molar-refractivity contribution in [3.8, 4) is 5.75 Å². The largest absolute Gasteiger partial charge is 0.493 e. The number of fused-ring (bicyclic) bond motifs is 1. The van der Waals surface area contributed by atoms with Crippen LogP contribution >= 0.6 is 0 Å². The van der Waals surface area contributed by atoms with Gasteiger partial charge in [-0.3, -0.25) is 0 Å². The van der Waals surface area contributed by atoms with E-state index in [-0.39, 0.29) is 17.9 Å². The van der Waals surface area contributed by atoms with Crippen molar-refractivity contribution in [3.63, 3.8) is 0 Å². The van der Waals surface area contributed by atoms with Crippen LogP contribution in [-0.4, -0.2) is 38.2 Å². The number of halogens is 1. The first-order chi connectivity index (χ1) is 12.5. The quantitative estimate of drug-likeness (QED) is 0.836. The van der Waals surface area contributed by atoms with Crippen molar-refractivity contribution in [1.29, 1.82) is 0 Å². The SMILES string of the molecule is CN(C)[C@H](CNC(=O)NCc1ccc(F)cc1)c1ccc2c(c1)CCO2. The van der Waals surface area contributed by atoms with Crippen LogP contribution in [0.15, 0.2) is 42.5 Å². The number of amides is 2. The van der Waals surface area contributed by atoms with Crippen molar-refractivity contribution in [2.75, 3.05) is 27.2 Å². The van der Waals surface area contributed by atoms with Gasteiger partial charge in [0.25, 0.3) is 0 Å². The van der Waals surface area contributed by atoms with Crippen LogP contribution in [0, 0.1) is 5.82 Å². The molecular formula is C20H24FN3O2. The Morgan fingerprint density at radius 3 is 2.69 bits per heavy atom. The molecule has 2 aromatic carbocycles. The third-order valence-electron chi connectivity index (χ3n) is 4.54. The van der Waals surface area contributed by atoms with Crippen LogP contribution in [-0.2, 0) is 13.0 Å². The molecule has 3 rings (SSSR count). The second kappa shape index (κ2) is 8.19. The van der Waals surface area contributed by atoms with E-state index in [1.165, 1.54) is 17.7 Å². The highest BCUT2D eigenvalue weighted by Gasteiger charge is 2.19. The van der Waals surface area contributed by atoms with Gasteiger partial charge in [-0.25, -0.2) is 9.18 Å². The summed E-state index contributed by atoms with van der Waals surface area (Å²) in [6, 6.07) is 12.1. The molecule has 1 aliphatic heterocycles. The van der Waals surface area contributed by atoms with Gasteiger partial charge in [-0.1, -0.05) is 24.3 Å². The molecule has 0 spiro atoms. The molecule has 0 fully saturated rings. The van der Waals surface area contributed by atoms with E-state index >= 15 is 0 Å². The van der Waals surface area contributed by atoms with Gasteiger partial charge in [-0.05, 0) is 49.0 Å². The average molecular weight is 357 g/mol. The molecule has 1 aliphatic rings. The summed E-state index contributed by atoms with van der Waals surface area (Å²) in [6.45, 7) is 1.58. The minimum Gasteiger partial charge on any atom is -0.493 e. The van der Waals surface area contributed by atoms with Crippen molar-refractivity contribution in [2.24, 2.45) is 0 Å². The van der Waals surface area contributed by atoms with Gasteiger partial charge in [0.15, 0.2) is 0 Å². The van der Waals surface area contributed by atoms with E-state index in [4.69, 9.17) is 4.74 Å². The zero-order valence-corrected chi connectivity index (χ0v) is 15.1. The average Bonchev–Trinajstić information content (AvgIpc) is 3.09. The highest BCUT2D eigenvalue weighted by Crippen LogP contribution is 2.29. The number of hydrogen-bond acceptors (Lipinski definition) is 3. The predicted octanol–water partition coefficient (Wildman–Crippen LogP) is 2.86. The highest BCUT2D eigenvalue weighted by atomic mass is 19.1. The van der Waals surface area contributed by atoms with Gasteiger partial charge in [-0.15, -0.1) is 0 Å². The summed E-state index contributed by atoms with van der Waals surface area (Å²) < 4.78 is 18.5. The van der Waals surface area contributed by atoms with Crippen molar-refractivity contribution in [3.05, 3.63) is 65.0 Å². The third-order valence-corrected chi connectivity index (χ3v) is 4.54. The summed E-state index contributed by atoms with van der Waals surface area (Å²) in [4.78, 5) is 14.2. The van der Waals surface area contributed by atoms with E-state index in [9.17, 15) is 9.18 Å². The fraction of sp³-hybridized carbons (Fsp3) is 0.350. The number of nitrogens with one attached hydrogen (secondary N) is 2. The van der Waals surface area contributed by atoms with Gasteiger partial charge < -0.3 is 20.3 Å². The Bertz CT molecular complexity index is 762. The van der Waals surface area contributed by atoms with Crippen molar-refractivity contribution in [2.45, 2.75) is 19.0 Å². The molecule has 5 nitrogen and oxygen atoms in total. The van der Waals surface area contributed by atoms with Gasteiger partial charge in [0.1, 0.15) is 11.6 Å². The van der Waals surface area contributed by atoms with E-state index < -0.39 is 0 Å². The minimum atomic E-state index is -0.285. The summed E-state index contributed by atoms with van der Waals surface area (Å²) in [7, 11) is 3.99. The molecular weight excluding hydrogens is 333 g/mol. The summed E-state index contributed by atoms with van der Waals surface area (Å²) in [5.41, 5.74) is 3.22. The normalized spacial score (nSPS) is 13.8. The smallest absolute Gasteiger partial charge is 0.315 e. The Hall–Kier alpha value is -2.60. The van der Waals surface area contributed by atoms with E-state index in [2.05, 4.69) is 21.6 Å². The van der Waals surface area contributed by atoms with Crippen LogP contribution < -0.4 is 15.4 Å². The summed E-state index contributed by atoms with van der Waals surface area (Å²) >= 11 is 0. The van der Waals surface area contributed by atoms with E-state index in [0.717, 1.165) is 29.9 Å². The van der Waals surface area contributed by atoms with Gasteiger partial charge in [0.05, 0.1) is 12.6 Å². The zero-order chi connectivity index (χ0) is 18.5. The Labute approximate surface area is 153 Å². The zero-order valence-electron chi connectivity index (χ0n) is 15.1. The molecule has 2 amide bonds. The number of urea groups is 1. The molecule has 0 saturated carbocycles. The molecule has 0 aromatic heterocycles. The molecule has 0 unspecified atom stereocenters. The maximum absolute atomic E-state index is 12.9. The molecule has 2 N–H and O–H groups in total. The lowest BCUT2D eigenvalue weighted by Crippen LogP contribution is -2.40. The number of carbonyl (C=O) groups excluding carboxylic acids is 1. The topological polar surface area (TPSA) is 53.6 Å². The Morgan fingerprint density at radius 1 is 1.19 bits per heavy atom. The number of nitrogens with zero attached hydrogens (tertiary/aromatic N) is 1. The maximum atomic E-state index is 12.9. The molecule has 6 heteroatoms.